The van der Waals surface area contributed by atoms with Crippen LogP contribution >= 0.6 is 0 Å². The van der Waals surface area contributed by atoms with Crippen LogP contribution in [-0.2, 0) is 20.1 Å². The predicted molar refractivity (Wildman–Crippen MR) is 115 cm³/mol. The first kappa shape index (κ1) is 23.1. The highest BCUT2D eigenvalue weighted by Gasteiger charge is 2.44. The monoisotopic (exact) mass is 388 g/mol. The van der Waals surface area contributed by atoms with Crippen LogP contribution in [0.2, 0.25) is 0 Å². The summed E-state index contributed by atoms with van der Waals surface area (Å²) in [4.78, 5) is 11.5. The van der Waals surface area contributed by atoms with Crippen LogP contribution < -0.4 is 0 Å². The van der Waals surface area contributed by atoms with E-state index in [1.54, 1.807) is 14.2 Å². The van der Waals surface area contributed by atoms with Gasteiger partial charge in [-0.15, -0.1) is 0 Å². The van der Waals surface area contributed by atoms with Crippen LogP contribution in [0.25, 0.3) is 0 Å². The molecule has 28 heavy (non-hydrogen) atoms. The van der Waals surface area contributed by atoms with Gasteiger partial charge < -0.3 is 9.47 Å². The van der Waals surface area contributed by atoms with E-state index in [1.807, 2.05) is 6.07 Å². The van der Waals surface area contributed by atoms with Crippen molar-refractivity contribution in [3.8, 4) is 0 Å². The number of ketones is 1. The quantitative estimate of drug-likeness (QED) is 0.264. The van der Waals surface area contributed by atoms with E-state index in [-0.39, 0.29) is 11.3 Å². The maximum atomic E-state index is 11.5. The maximum Gasteiger partial charge on any atom is 0.197 e. The third-order valence-electron chi connectivity index (χ3n) is 6.57. The maximum absolute atomic E-state index is 11.5. The van der Waals surface area contributed by atoms with Crippen LogP contribution in [0, 0.1) is 11.3 Å². The molecule has 3 nitrogen and oxygen atoms in total. The lowest BCUT2D eigenvalue weighted by Crippen LogP contribution is -2.41. The second-order valence-corrected chi connectivity index (χ2v) is 8.94. The van der Waals surface area contributed by atoms with Crippen LogP contribution in [0.1, 0.15) is 90.0 Å². The van der Waals surface area contributed by atoms with E-state index in [9.17, 15) is 4.79 Å². The Morgan fingerprint density at radius 3 is 2.14 bits per heavy atom. The molecule has 0 aromatic heterocycles. The fraction of sp³-hybridized carbons (Fsp3) is 0.720. The van der Waals surface area contributed by atoms with Crippen molar-refractivity contribution in [2.45, 2.75) is 90.3 Å². The van der Waals surface area contributed by atoms with Crippen molar-refractivity contribution in [1.29, 1.82) is 0 Å². The summed E-state index contributed by atoms with van der Waals surface area (Å²) < 4.78 is 12.2. The van der Waals surface area contributed by atoms with Crippen molar-refractivity contribution in [3.63, 3.8) is 0 Å². The van der Waals surface area contributed by atoms with Gasteiger partial charge in [-0.25, -0.2) is 0 Å². The zero-order chi connectivity index (χ0) is 20.5. The molecular weight excluding hydrogens is 348 g/mol. The lowest BCUT2D eigenvalue weighted by Gasteiger charge is -2.42. The number of rotatable bonds is 14. The van der Waals surface area contributed by atoms with E-state index in [2.05, 4.69) is 38.1 Å². The molecule has 1 saturated carbocycles. The van der Waals surface area contributed by atoms with Gasteiger partial charge in [0.15, 0.2) is 5.79 Å². The van der Waals surface area contributed by atoms with Gasteiger partial charge in [0.25, 0.3) is 0 Å². The van der Waals surface area contributed by atoms with Gasteiger partial charge in [-0.2, -0.15) is 0 Å². The zero-order valence-corrected chi connectivity index (χ0v) is 18.5. The fourth-order valence-electron chi connectivity index (χ4n) is 4.85. The second kappa shape index (κ2) is 11.1. The minimum atomic E-state index is -0.713. The minimum Gasteiger partial charge on any atom is -0.349 e. The molecule has 0 N–H and O–H groups in total. The van der Waals surface area contributed by atoms with E-state index in [4.69, 9.17) is 9.47 Å². The Morgan fingerprint density at radius 1 is 0.964 bits per heavy atom. The van der Waals surface area contributed by atoms with Gasteiger partial charge in [0.05, 0.1) is 0 Å². The molecule has 158 valence electrons. The van der Waals surface area contributed by atoms with Gasteiger partial charge in [0.1, 0.15) is 5.78 Å². The van der Waals surface area contributed by atoms with E-state index >= 15 is 0 Å². The third-order valence-corrected chi connectivity index (χ3v) is 6.57. The molecule has 0 bridgehead atoms. The first-order chi connectivity index (χ1) is 13.5. The summed E-state index contributed by atoms with van der Waals surface area (Å²) in [5.41, 5.74) is 1.26. The molecule has 1 unspecified atom stereocenters. The van der Waals surface area contributed by atoms with Crippen LogP contribution in [0.3, 0.4) is 0 Å². The molecular formula is C25H40O3. The zero-order valence-electron chi connectivity index (χ0n) is 18.5. The highest BCUT2D eigenvalue weighted by Crippen LogP contribution is 2.46. The smallest absolute Gasteiger partial charge is 0.197 e. The minimum absolute atomic E-state index is 0.167. The standard InChI is InChI=1S/C25H40O3/c1-5-6-7-8-9-11-16-22(17-18-24(2)19-23(26)20-24)25(27-3,28-4)21-14-12-10-13-15-21/h10,12-15,22H,5-9,11,16-20H2,1-4H3. The Balaban J connectivity index is 2.08. The number of ether oxygens (including phenoxy) is 2. The molecule has 2 rings (SSSR count). The van der Waals surface area contributed by atoms with Crippen LogP contribution in [-0.4, -0.2) is 20.0 Å². The SMILES string of the molecule is CCCCCCCCC(CCC1(C)CC(=O)C1)C(OC)(OC)c1ccccc1. The summed E-state index contributed by atoms with van der Waals surface area (Å²) in [5, 5.41) is 0. The van der Waals surface area contributed by atoms with Crippen molar-refractivity contribution in [3.05, 3.63) is 35.9 Å². The van der Waals surface area contributed by atoms with E-state index in [0.717, 1.165) is 37.7 Å². The summed E-state index contributed by atoms with van der Waals surface area (Å²) in [6.45, 7) is 4.51. The second-order valence-electron chi connectivity index (χ2n) is 8.94. The van der Waals surface area contributed by atoms with Gasteiger partial charge in [0.2, 0.25) is 0 Å². The number of hydrogen-bond donors (Lipinski definition) is 0. The molecule has 1 atom stereocenters. The van der Waals surface area contributed by atoms with Gasteiger partial charge in [-0.05, 0) is 24.7 Å². The van der Waals surface area contributed by atoms with E-state index < -0.39 is 5.79 Å². The molecule has 1 fully saturated rings. The largest absolute Gasteiger partial charge is 0.349 e. The van der Waals surface area contributed by atoms with Crippen molar-refractivity contribution in [1.82, 2.24) is 0 Å². The van der Waals surface area contributed by atoms with Crippen LogP contribution in [0.15, 0.2) is 30.3 Å². The Labute approximate surface area is 172 Å². The number of Topliss-reactive ketones (excluding diaryl/α,β-unsaturated/α-hetero) is 1. The summed E-state index contributed by atoms with van der Waals surface area (Å²) >= 11 is 0. The Morgan fingerprint density at radius 2 is 1.57 bits per heavy atom. The number of carbonyl (C=O) groups excluding carboxylic acids is 1. The summed E-state index contributed by atoms with van der Waals surface area (Å²) in [7, 11) is 3.53. The molecule has 0 heterocycles. The topological polar surface area (TPSA) is 35.5 Å². The molecule has 3 heteroatoms. The normalized spacial score (nSPS) is 17.4. The molecule has 1 aromatic rings. The van der Waals surface area contributed by atoms with Gasteiger partial charge in [-0.1, -0.05) is 82.7 Å². The predicted octanol–water partition coefficient (Wildman–Crippen LogP) is 6.65. The van der Waals surface area contributed by atoms with E-state index in [0.29, 0.717) is 5.78 Å². The highest BCUT2D eigenvalue weighted by atomic mass is 16.7. The Bertz CT molecular complexity index is 569. The molecule has 0 saturated heterocycles. The van der Waals surface area contributed by atoms with Crippen molar-refractivity contribution in [2.24, 2.45) is 11.3 Å². The first-order valence-corrected chi connectivity index (χ1v) is 11.2. The average Bonchev–Trinajstić information content (AvgIpc) is 2.69. The van der Waals surface area contributed by atoms with Gasteiger partial charge >= 0.3 is 0 Å². The molecule has 1 aromatic carbocycles. The van der Waals surface area contributed by atoms with Crippen molar-refractivity contribution in [2.75, 3.05) is 14.2 Å². The summed E-state index contributed by atoms with van der Waals surface area (Å²) in [6.07, 6.45) is 12.4. The first-order valence-electron chi connectivity index (χ1n) is 11.2. The van der Waals surface area contributed by atoms with E-state index in [1.165, 1.54) is 38.5 Å². The summed E-state index contributed by atoms with van der Waals surface area (Å²) in [5.74, 6) is -0.0270. The van der Waals surface area contributed by atoms with Gasteiger partial charge in [-0.3, -0.25) is 4.79 Å². The molecule has 0 spiro atoms. The molecule has 0 aliphatic heterocycles. The molecule has 0 amide bonds. The molecule has 1 aliphatic carbocycles. The number of benzene rings is 1. The lowest BCUT2D eigenvalue weighted by molar-refractivity contribution is -0.254. The van der Waals surface area contributed by atoms with Crippen LogP contribution in [0.5, 0.6) is 0 Å². The molecule has 0 radical (unpaired) electrons. The Kier molecular flexibility index (Phi) is 9.17. The van der Waals surface area contributed by atoms with Crippen molar-refractivity contribution >= 4 is 5.78 Å². The summed E-state index contributed by atoms with van der Waals surface area (Å²) in [6, 6.07) is 10.3. The third kappa shape index (κ3) is 5.90. The number of methoxy groups -OCH3 is 2. The average molecular weight is 389 g/mol. The highest BCUT2D eigenvalue weighted by molar-refractivity contribution is 5.85. The van der Waals surface area contributed by atoms with Gasteiger partial charge in [0, 0.05) is 38.5 Å². The molecule has 1 aliphatic rings. The lowest BCUT2D eigenvalue weighted by atomic mass is 9.65. The van der Waals surface area contributed by atoms with Crippen molar-refractivity contribution < 1.29 is 14.3 Å². The van der Waals surface area contributed by atoms with Crippen LogP contribution in [0.4, 0.5) is 0 Å². The number of hydrogen-bond acceptors (Lipinski definition) is 3. The fourth-order valence-corrected chi connectivity index (χ4v) is 4.85. The Hall–Kier alpha value is -1.19. The number of unbranched alkanes of at least 4 members (excludes halogenated alkanes) is 5. The number of carbonyl (C=O) groups is 1.